The van der Waals surface area contributed by atoms with Gasteiger partial charge in [0.1, 0.15) is 0 Å². The van der Waals surface area contributed by atoms with Crippen LogP contribution < -0.4 is 5.32 Å². The van der Waals surface area contributed by atoms with Gasteiger partial charge in [0.15, 0.2) is 0 Å². The Morgan fingerprint density at radius 2 is 1.92 bits per heavy atom. The predicted octanol–water partition coefficient (Wildman–Crippen LogP) is 3.32. The minimum absolute atomic E-state index is 0.362. The third-order valence-electron chi connectivity index (χ3n) is 4.93. The molecule has 1 aliphatic rings. The van der Waals surface area contributed by atoms with E-state index in [4.69, 9.17) is 0 Å². The van der Waals surface area contributed by atoms with Gasteiger partial charge in [-0.25, -0.2) is 15.0 Å². The lowest BCUT2D eigenvalue weighted by molar-refractivity contribution is 0.167. The second kappa shape index (κ2) is 7.66. The molecular weight excluding hydrogens is 324 g/mol. The van der Waals surface area contributed by atoms with Gasteiger partial charge in [0, 0.05) is 49.7 Å². The van der Waals surface area contributed by atoms with Gasteiger partial charge in [-0.05, 0) is 12.0 Å². The smallest absolute Gasteiger partial charge is 0.222 e. The fraction of sp³-hybridized carbons (Fsp3) is 0.350. The first-order chi connectivity index (χ1) is 12.8. The van der Waals surface area contributed by atoms with Crippen molar-refractivity contribution in [1.29, 1.82) is 0 Å². The standard InChI is InChI=1S/C20H24N6/c1-2-18-19-17(24-14-25-19)8-9-26(18)13-16-11-22-20(23-12-16)21-10-15-6-4-3-5-7-15/h3-7,11-12,14,18H,2,8-10,13H2,1H3,(H,24,25)(H,21,22,23)/t18-/m0/s1. The molecule has 0 unspecified atom stereocenters. The number of fused-ring (bicyclic) bond motifs is 1. The van der Waals surface area contributed by atoms with E-state index in [-0.39, 0.29) is 0 Å². The van der Waals surface area contributed by atoms with Gasteiger partial charge in [-0.3, -0.25) is 4.90 Å². The highest BCUT2D eigenvalue weighted by molar-refractivity contribution is 5.28. The van der Waals surface area contributed by atoms with E-state index >= 15 is 0 Å². The van der Waals surface area contributed by atoms with Crippen LogP contribution >= 0.6 is 0 Å². The van der Waals surface area contributed by atoms with Gasteiger partial charge in [-0.2, -0.15) is 0 Å². The van der Waals surface area contributed by atoms with Crippen molar-refractivity contribution in [2.75, 3.05) is 11.9 Å². The van der Waals surface area contributed by atoms with Crippen LogP contribution in [0.1, 0.15) is 41.9 Å². The largest absolute Gasteiger partial charge is 0.350 e. The zero-order chi connectivity index (χ0) is 17.8. The maximum absolute atomic E-state index is 4.53. The van der Waals surface area contributed by atoms with E-state index in [0.717, 1.165) is 38.0 Å². The van der Waals surface area contributed by atoms with Crippen molar-refractivity contribution in [3.05, 3.63) is 71.6 Å². The van der Waals surface area contributed by atoms with E-state index in [2.05, 4.69) is 49.2 Å². The molecule has 0 radical (unpaired) electrons. The van der Waals surface area contributed by atoms with Crippen molar-refractivity contribution >= 4 is 5.95 Å². The van der Waals surface area contributed by atoms with E-state index in [0.29, 0.717) is 12.0 Å². The molecular formula is C20H24N6. The number of nitrogens with one attached hydrogen (secondary N) is 2. The molecule has 0 saturated heterocycles. The zero-order valence-electron chi connectivity index (χ0n) is 15.0. The van der Waals surface area contributed by atoms with Crippen molar-refractivity contribution < 1.29 is 0 Å². The Bertz CT molecular complexity index is 827. The summed E-state index contributed by atoms with van der Waals surface area (Å²) >= 11 is 0. The van der Waals surface area contributed by atoms with Crippen LogP contribution in [0.3, 0.4) is 0 Å². The van der Waals surface area contributed by atoms with Crippen molar-refractivity contribution in [2.45, 2.75) is 38.9 Å². The first kappa shape index (κ1) is 16.7. The number of benzene rings is 1. The minimum Gasteiger partial charge on any atom is -0.350 e. The molecule has 4 rings (SSSR count). The molecule has 1 aliphatic heterocycles. The molecule has 3 heterocycles. The number of H-pyrrole nitrogens is 1. The average Bonchev–Trinajstić information content (AvgIpc) is 3.17. The molecule has 0 spiro atoms. The highest BCUT2D eigenvalue weighted by Crippen LogP contribution is 2.30. The monoisotopic (exact) mass is 348 g/mol. The zero-order valence-corrected chi connectivity index (χ0v) is 15.0. The van der Waals surface area contributed by atoms with Gasteiger partial charge in [-0.1, -0.05) is 37.3 Å². The number of hydrogen-bond acceptors (Lipinski definition) is 5. The van der Waals surface area contributed by atoms with Crippen LogP contribution in [0.15, 0.2) is 49.1 Å². The summed E-state index contributed by atoms with van der Waals surface area (Å²) in [5, 5.41) is 3.27. The summed E-state index contributed by atoms with van der Waals surface area (Å²) in [6.07, 6.45) is 7.73. The molecule has 0 aliphatic carbocycles. The number of imidazole rings is 1. The van der Waals surface area contributed by atoms with Crippen LogP contribution in [-0.4, -0.2) is 31.4 Å². The summed E-state index contributed by atoms with van der Waals surface area (Å²) in [7, 11) is 0. The highest BCUT2D eigenvalue weighted by Gasteiger charge is 2.28. The third-order valence-corrected chi connectivity index (χ3v) is 4.93. The Morgan fingerprint density at radius 1 is 1.12 bits per heavy atom. The Balaban J connectivity index is 1.38. The quantitative estimate of drug-likeness (QED) is 0.715. The molecule has 0 amide bonds. The Morgan fingerprint density at radius 3 is 2.69 bits per heavy atom. The average molecular weight is 348 g/mol. The summed E-state index contributed by atoms with van der Waals surface area (Å²) in [4.78, 5) is 19.2. The van der Waals surface area contributed by atoms with Crippen LogP contribution in [0.2, 0.25) is 0 Å². The SMILES string of the molecule is CC[C@H]1c2nc[nH]c2CCN1Cc1cnc(NCc2ccccc2)nc1. The lowest BCUT2D eigenvalue weighted by atomic mass is 10.00. The van der Waals surface area contributed by atoms with Gasteiger partial charge in [-0.15, -0.1) is 0 Å². The van der Waals surface area contributed by atoms with Crippen LogP contribution in [0.5, 0.6) is 0 Å². The molecule has 1 atom stereocenters. The molecule has 134 valence electrons. The molecule has 2 aromatic heterocycles. The van der Waals surface area contributed by atoms with E-state index in [1.807, 2.05) is 36.9 Å². The summed E-state index contributed by atoms with van der Waals surface area (Å²) in [6, 6.07) is 10.6. The van der Waals surface area contributed by atoms with Gasteiger partial charge in [0.05, 0.1) is 18.1 Å². The summed E-state index contributed by atoms with van der Waals surface area (Å²) < 4.78 is 0. The molecule has 0 fully saturated rings. The molecule has 6 heteroatoms. The van der Waals surface area contributed by atoms with E-state index in [9.17, 15) is 0 Å². The van der Waals surface area contributed by atoms with Crippen LogP contribution in [0.4, 0.5) is 5.95 Å². The van der Waals surface area contributed by atoms with Crippen LogP contribution in [0, 0.1) is 0 Å². The lowest BCUT2D eigenvalue weighted by Crippen LogP contribution is -2.35. The maximum Gasteiger partial charge on any atom is 0.222 e. The molecule has 6 nitrogen and oxygen atoms in total. The molecule has 26 heavy (non-hydrogen) atoms. The second-order valence-electron chi connectivity index (χ2n) is 6.66. The van der Waals surface area contributed by atoms with Gasteiger partial charge in [0.25, 0.3) is 0 Å². The highest BCUT2D eigenvalue weighted by atomic mass is 15.2. The number of anilines is 1. The maximum atomic E-state index is 4.53. The lowest BCUT2D eigenvalue weighted by Gasteiger charge is -2.34. The van der Waals surface area contributed by atoms with Crippen molar-refractivity contribution in [2.24, 2.45) is 0 Å². The van der Waals surface area contributed by atoms with Crippen molar-refractivity contribution in [3.63, 3.8) is 0 Å². The van der Waals surface area contributed by atoms with Gasteiger partial charge in [0.2, 0.25) is 5.95 Å². The first-order valence-electron chi connectivity index (χ1n) is 9.18. The van der Waals surface area contributed by atoms with Crippen molar-refractivity contribution in [3.8, 4) is 0 Å². The fourth-order valence-electron chi connectivity index (χ4n) is 3.58. The predicted molar refractivity (Wildman–Crippen MR) is 102 cm³/mol. The molecule has 3 aromatic rings. The normalized spacial score (nSPS) is 17.0. The van der Waals surface area contributed by atoms with Gasteiger partial charge < -0.3 is 10.3 Å². The summed E-state index contributed by atoms with van der Waals surface area (Å²) in [5.41, 5.74) is 4.83. The number of rotatable bonds is 6. The number of aromatic amines is 1. The number of aromatic nitrogens is 4. The fourth-order valence-corrected chi connectivity index (χ4v) is 3.58. The molecule has 0 saturated carbocycles. The van der Waals surface area contributed by atoms with E-state index in [1.165, 1.54) is 17.0 Å². The van der Waals surface area contributed by atoms with E-state index in [1.54, 1.807) is 0 Å². The van der Waals surface area contributed by atoms with Crippen molar-refractivity contribution in [1.82, 2.24) is 24.8 Å². The third kappa shape index (κ3) is 3.60. The van der Waals surface area contributed by atoms with E-state index < -0.39 is 0 Å². The Hall–Kier alpha value is -2.73. The summed E-state index contributed by atoms with van der Waals surface area (Å²) in [5.74, 6) is 0.665. The number of hydrogen-bond donors (Lipinski definition) is 2. The topological polar surface area (TPSA) is 69.7 Å². The molecule has 2 N–H and O–H groups in total. The van der Waals surface area contributed by atoms with Gasteiger partial charge >= 0.3 is 0 Å². The Kier molecular flexibility index (Phi) is 4.93. The van der Waals surface area contributed by atoms with Crippen LogP contribution in [-0.2, 0) is 19.5 Å². The summed E-state index contributed by atoms with van der Waals surface area (Å²) in [6.45, 7) is 4.83. The molecule has 0 bridgehead atoms. The van der Waals surface area contributed by atoms with Crippen LogP contribution in [0.25, 0.3) is 0 Å². The minimum atomic E-state index is 0.362. The molecule has 1 aromatic carbocycles. The Labute approximate surface area is 153 Å². The second-order valence-corrected chi connectivity index (χ2v) is 6.66. The number of nitrogens with zero attached hydrogens (tertiary/aromatic N) is 4. The first-order valence-corrected chi connectivity index (χ1v) is 9.18.